The highest BCUT2D eigenvalue weighted by Crippen LogP contribution is 2.18. The lowest BCUT2D eigenvalue weighted by Gasteiger charge is -2.04. The number of aromatic nitrogens is 2. The fourth-order valence-electron chi connectivity index (χ4n) is 2.39. The van der Waals surface area contributed by atoms with Gasteiger partial charge in [-0.15, -0.1) is 0 Å². The Morgan fingerprint density at radius 2 is 2.12 bits per heavy atom. The van der Waals surface area contributed by atoms with Crippen LogP contribution in [0.25, 0.3) is 11.3 Å². The molecule has 1 aromatic heterocycles. The number of aromatic amines is 1. The lowest BCUT2D eigenvalue weighted by molar-refractivity contribution is 0.565. The van der Waals surface area contributed by atoms with E-state index in [2.05, 4.69) is 39.6 Å². The number of nitrogens with zero attached hydrogens (tertiary/aromatic N) is 1. The molecule has 3 heteroatoms. The van der Waals surface area contributed by atoms with Crippen LogP contribution in [0.15, 0.2) is 36.5 Å². The highest BCUT2D eigenvalue weighted by Gasteiger charge is 2.16. The minimum atomic E-state index is 0.741. The molecule has 3 rings (SSSR count). The Morgan fingerprint density at radius 1 is 1.24 bits per heavy atom. The molecule has 2 aromatic rings. The summed E-state index contributed by atoms with van der Waals surface area (Å²) in [5.41, 5.74) is 2.32. The molecule has 1 saturated heterocycles. The number of hydrogen-bond donors (Lipinski definition) is 2. The summed E-state index contributed by atoms with van der Waals surface area (Å²) in [6, 6.07) is 10.3. The molecule has 0 saturated carbocycles. The Hall–Kier alpha value is -1.61. The lowest BCUT2D eigenvalue weighted by Crippen LogP contribution is -2.11. The predicted octanol–water partition coefficient (Wildman–Crippen LogP) is 2.23. The van der Waals surface area contributed by atoms with Crippen molar-refractivity contribution in [2.45, 2.75) is 12.8 Å². The van der Waals surface area contributed by atoms with E-state index in [9.17, 15) is 0 Å². The van der Waals surface area contributed by atoms with Gasteiger partial charge in [0, 0.05) is 6.42 Å². The van der Waals surface area contributed by atoms with Crippen molar-refractivity contribution in [3.63, 3.8) is 0 Å². The second-order valence-corrected chi connectivity index (χ2v) is 4.67. The molecule has 1 aliphatic heterocycles. The molecule has 0 spiro atoms. The number of benzene rings is 1. The zero-order chi connectivity index (χ0) is 11.5. The second kappa shape index (κ2) is 4.72. The van der Waals surface area contributed by atoms with Crippen LogP contribution in [0, 0.1) is 5.92 Å². The van der Waals surface area contributed by atoms with Gasteiger partial charge in [-0.05, 0) is 31.0 Å². The number of nitrogens with one attached hydrogen (secondary N) is 2. The summed E-state index contributed by atoms with van der Waals surface area (Å²) in [5.74, 6) is 1.85. The largest absolute Gasteiger partial charge is 0.342 e. The second-order valence-electron chi connectivity index (χ2n) is 4.67. The molecule has 1 atom stereocenters. The molecule has 17 heavy (non-hydrogen) atoms. The van der Waals surface area contributed by atoms with Crippen molar-refractivity contribution in [2.75, 3.05) is 13.1 Å². The Balaban J connectivity index is 1.74. The quantitative estimate of drug-likeness (QED) is 0.844. The maximum absolute atomic E-state index is 4.47. The monoisotopic (exact) mass is 227 g/mol. The third-order valence-electron chi connectivity index (χ3n) is 3.36. The van der Waals surface area contributed by atoms with Gasteiger partial charge in [0.2, 0.25) is 0 Å². The summed E-state index contributed by atoms with van der Waals surface area (Å²) in [4.78, 5) is 7.89. The van der Waals surface area contributed by atoms with E-state index >= 15 is 0 Å². The van der Waals surface area contributed by atoms with Gasteiger partial charge in [0.15, 0.2) is 0 Å². The molecule has 0 radical (unpaired) electrons. The molecule has 1 aliphatic rings. The Bertz CT molecular complexity index is 469. The van der Waals surface area contributed by atoms with Crippen LogP contribution in [0.5, 0.6) is 0 Å². The van der Waals surface area contributed by atoms with Crippen LogP contribution < -0.4 is 5.32 Å². The van der Waals surface area contributed by atoms with Crippen molar-refractivity contribution in [3.8, 4) is 11.3 Å². The Kier molecular flexibility index (Phi) is 2.92. The summed E-state index contributed by atoms with van der Waals surface area (Å²) in [7, 11) is 0. The van der Waals surface area contributed by atoms with Crippen LogP contribution in [-0.2, 0) is 6.42 Å². The predicted molar refractivity (Wildman–Crippen MR) is 68.7 cm³/mol. The van der Waals surface area contributed by atoms with Gasteiger partial charge in [-0.25, -0.2) is 4.98 Å². The van der Waals surface area contributed by atoms with Gasteiger partial charge in [0.05, 0.1) is 11.9 Å². The lowest BCUT2D eigenvalue weighted by atomic mass is 10.1. The van der Waals surface area contributed by atoms with Crippen molar-refractivity contribution in [1.82, 2.24) is 15.3 Å². The maximum atomic E-state index is 4.47. The first-order valence-corrected chi connectivity index (χ1v) is 6.22. The summed E-state index contributed by atoms with van der Waals surface area (Å²) < 4.78 is 0. The van der Waals surface area contributed by atoms with E-state index in [-0.39, 0.29) is 0 Å². The zero-order valence-corrected chi connectivity index (χ0v) is 9.82. The fraction of sp³-hybridized carbons (Fsp3) is 0.357. The molecule has 0 aliphatic carbocycles. The number of H-pyrrole nitrogens is 1. The van der Waals surface area contributed by atoms with Crippen molar-refractivity contribution < 1.29 is 0 Å². The topological polar surface area (TPSA) is 40.7 Å². The summed E-state index contributed by atoms with van der Waals surface area (Å²) in [6.07, 6.45) is 4.26. The van der Waals surface area contributed by atoms with Crippen molar-refractivity contribution in [1.29, 1.82) is 0 Å². The smallest absolute Gasteiger partial charge is 0.106 e. The van der Waals surface area contributed by atoms with Crippen LogP contribution in [-0.4, -0.2) is 23.1 Å². The highest BCUT2D eigenvalue weighted by molar-refractivity contribution is 5.57. The molecule has 0 bridgehead atoms. The van der Waals surface area contributed by atoms with E-state index in [1.54, 1.807) is 0 Å². The van der Waals surface area contributed by atoms with Crippen LogP contribution >= 0.6 is 0 Å². The molecule has 2 heterocycles. The van der Waals surface area contributed by atoms with E-state index in [4.69, 9.17) is 0 Å². The van der Waals surface area contributed by atoms with E-state index in [0.29, 0.717) is 0 Å². The minimum absolute atomic E-state index is 0.741. The Morgan fingerprint density at radius 3 is 2.88 bits per heavy atom. The SMILES string of the molecule is c1ccc(-c2cnc(CC3CCNC3)[nH]2)cc1. The number of imidazole rings is 1. The van der Waals surface area contributed by atoms with Gasteiger partial charge in [-0.3, -0.25) is 0 Å². The van der Waals surface area contributed by atoms with Crippen LogP contribution in [0.1, 0.15) is 12.2 Å². The van der Waals surface area contributed by atoms with E-state index in [0.717, 1.165) is 36.9 Å². The van der Waals surface area contributed by atoms with Crippen molar-refractivity contribution in [3.05, 3.63) is 42.4 Å². The van der Waals surface area contributed by atoms with Crippen LogP contribution in [0.4, 0.5) is 0 Å². The average Bonchev–Trinajstić information content (AvgIpc) is 3.02. The number of rotatable bonds is 3. The third-order valence-corrected chi connectivity index (χ3v) is 3.36. The van der Waals surface area contributed by atoms with E-state index in [1.165, 1.54) is 12.0 Å². The Labute approximate surface area is 101 Å². The molecular weight excluding hydrogens is 210 g/mol. The van der Waals surface area contributed by atoms with Gasteiger partial charge >= 0.3 is 0 Å². The minimum Gasteiger partial charge on any atom is -0.342 e. The van der Waals surface area contributed by atoms with Crippen LogP contribution in [0.2, 0.25) is 0 Å². The molecule has 2 N–H and O–H groups in total. The van der Waals surface area contributed by atoms with Gasteiger partial charge in [-0.2, -0.15) is 0 Å². The summed E-state index contributed by atoms with van der Waals surface area (Å²) in [6.45, 7) is 2.28. The molecule has 1 unspecified atom stereocenters. The number of hydrogen-bond acceptors (Lipinski definition) is 2. The van der Waals surface area contributed by atoms with E-state index in [1.807, 2.05) is 12.3 Å². The molecule has 0 amide bonds. The molecule has 1 fully saturated rings. The first kappa shape index (κ1) is 10.5. The highest BCUT2D eigenvalue weighted by atomic mass is 14.9. The summed E-state index contributed by atoms with van der Waals surface area (Å²) >= 11 is 0. The van der Waals surface area contributed by atoms with Gasteiger partial charge < -0.3 is 10.3 Å². The summed E-state index contributed by atoms with van der Waals surface area (Å²) in [5, 5.41) is 3.39. The first-order valence-electron chi connectivity index (χ1n) is 6.22. The van der Waals surface area contributed by atoms with Gasteiger partial charge in [0.25, 0.3) is 0 Å². The normalized spacial score (nSPS) is 19.6. The molecule has 1 aromatic carbocycles. The maximum Gasteiger partial charge on any atom is 0.106 e. The molecule has 3 nitrogen and oxygen atoms in total. The molecular formula is C14H17N3. The first-order chi connectivity index (χ1) is 8.42. The standard InChI is InChI=1S/C14H17N3/c1-2-4-12(5-3-1)13-10-16-14(17-13)8-11-6-7-15-9-11/h1-5,10-11,15H,6-9H2,(H,16,17). The van der Waals surface area contributed by atoms with Gasteiger partial charge in [0.1, 0.15) is 5.82 Å². The molecule has 88 valence electrons. The zero-order valence-electron chi connectivity index (χ0n) is 9.82. The van der Waals surface area contributed by atoms with Crippen LogP contribution in [0.3, 0.4) is 0 Å². The van der Waals surface area contributed by atoms with E-state index < -0.39 is 0 Å². The average molecular weight is 227 g/mol. The van der Waals surface area contributed by atoms with Gasteiger partial charge in [-0.1, -0.05) is 30.3 Å². The van der Waals surface area contributed by atoms with Crippen molar-refractivity contribution in [2.24, 2.45) is 5.92 Å². The van der Waals surface area contributed by atoms with Crippen molar-refractivity contribution >= 4 is 0 Å². The third kappa shape index (κ3) is 2.39. The fourth-order valence-corrected chi connectivity index (χ4v) is 2.39.